The van der Waals surface area contributed by atoms with Crippen LogP contribution in [0.25, 0.3) is 0 Å². The summed E-state index contributed by atoms with van der Waals surface area (Å²) in [7, 11) is 0. The van der Waals surface area contributed by atoms with Crippen LogP contribution < -0.4 is 9.47 Å². The van der Waals surface area contributed by atoms with E-state index in [9.17, 15) is 23.1 Å². The number of benzene rings is 3. The van der Waals surface area contributed by atoms with Gasteiger partial charge < -0.3 is 19.5 Å². The number of aliphatic hydroxyl groups excluding tert-OH is 1. The molecular formula is C24H18F3NO4. The van der Waals surface area contributed by atoms with E-state index in [0.717, 1.165) is 6.07 Å². The number of aliphatic hydroxyl groups is 1. The third-order valence-corrected chi connectivity index (χ3v) is 5.67. The lowest BCUT2D eigenvalue weighted by Crippen LogP contribution is -2.36. The topological polar surface area (TPSA) is 59.0 Å². The van der Waals surface area contributed by atoms with Crippen LogP contribution in [0.4, 0.5) is 13.2 Å². The van der Waals surface area contributed by atoms with Crippen molar-refractivity contribution in [2.75, 3.05) is 13.1 Å². The number of ether oxygens (including phenoxy) is 2. The van der Waals surface area contributed by atoms with Gasteiger partial charge in [0.25, 0.3) is 5.91 Å². The lowest BCUT2D eigenvalue weighted by atomic mass is 9.97. The summed E-state index contributed by atoms with van der Waals surface area (Å²) >= 11 is 0. The molecule has 3 aromatic carbocycles. The molecule has 5 nitrogen and oxygen atoms in total. The van der Waals surface area contributed by atoms with Crippen LogP contribution in [0.15, 0.2) is 60.7 Å². The van der Waals surface area contributed by atoms with Gasteiger partial charge in [0.15, 0.2) is 11.5 Å². The second-order valence-corrected chi connectivity index (χ2v) is 7.81. The Morgan fingerprint density at radius 3 is 1.94 bits per heavy atom. The number of hydrogen-bond acceptors (Lipinski definition) is 4. The third-order valence-electron chi connectivity index (χ3n) is 5.67. The van der Waals surface area contributed by atoms with Crippen LogP contribution in [-0.2, 0) is 5.79 Å². The smallest absolute Gasteiger partial charge is 0.305 e. The summed E-state index contributed by atoms with van der Waals surface area (Å²) in [5, 5.41) is 9.69. The van der Waals surface area contributed by atoms with Gasteiger partial charge in [-0.3, -0.25) is 4.79 Å². The van der Waals surface area contributed by atoms with Crippen LogP contribution in [0.1, 0.15) is 27.9 Å². The zero-order valence-corrected chi connectivity index (χ0v) is 16.7. The average molecular weight is 441 g/mol. The zero-order valence-electron chi connectivity index (χ0n) is 16.7. The van der Waals surface area contributed by atoms with Crippen molar-refractivity contribution in [3.63, 3.8) is 0 Å². The molecule has 0 spiro atoms. The van der Waals surface area contributed by atoms with E-state index in [2.05, 4.69) is 0 Å². The quantitative estimate of drug-likeness (QED) is 0.668. The van der Waals surface area contributed by atoms with Crippen molar-refractivity contribution in [1.29, 1.82) is 0 Å². The number of fused-ring (bicyclic) bond motifs is 1. The number of halogens is 3. The number of carbonyl (C=O) groups is 1. The maximum atomic E-state index is 14.9. The molecular weight excluding hydrogens is 423 g/mol. The summed E-state index contributed by atoms with van der Waals surface area (Å²) in [6.07, 6.45) is -0.212. The van der Waals surface area contributed by atoms with Crippen molar-refractivity contribution in [3.8, 4) is 11.5 Å². The molecule has 1 amide bonds. The average Bonchev–Trinajstić information content (AvgIpc) is 3.37. The maximum Gasteiger partial charge on any atom is 0.305 e. The predicted molar refractivity (Wildman–Crippen MR) is 108 cm³/mol. The molecule has 164 valence electrons. The molecule has 0 saturated carbocycles. The Labute approximate surface area is 181 Å². The fraction of sp³-hybridized carbons (Fsp3) is 0.208. The molecule has 2 heterocycles. The Morgan fingerprint density at radius 2 is 1.44 bits per heavy atom. The normalized spacial score (nSPS) is 18.8. The third kappa shape index (κ3) is 3.36. The number of rotatable bonds is 3. The van der Waals surface area contributed by atoms with Crippen LogP contribution >= 0.6 is 0 Å². The van der Waals surface area contributed by atoms with Gasteiger partial charge in [0.2, 0.25) is 0 Å². The molecule has 2 aliphatic rings. The first-order valence-electron chi connectivity index (χ1n) is 10.1. The van der Waals surface area contributed by atoms with Crippen molar-refractivity contribution < 1.29 is 32.5 Å². The zero-order chi connectivity index (χ0) is 22.5. The summed E-state index contributed by atoms with van der Waals surface area (Å²) < 4.78 is 54.1. The van der Waals surface area contributed by atoms with Crippen LogP contribution in [0, 0.1) is 17.5 Å². The molecule has 1 atom stereocenters. The predicted octanol–water partition coefficient (Wildman–Crippen LogP) is 3.98. The monoisotopic (exact) mass is 441 g/mol. The Hall–Kier alpha value is -3.52. The maximum absolute atomic E-state index is 14.9. The highest BCUT2D eigenvalue weighted by molar-refractivity contribution is 5.95. The molecule has 1 fully saturated rings. The number of hydrogen-bond donors (Lipinski definition) is 1. The van der Waals surface area contributed by atoms with Crippen LogP contribution in [0.5, 0.6) is 11.5 Å². The van der Waals surface area contributed by atoms with Crippen LogP contribution in [-0.4, -0.2) is 35.1 Å². The number of carbonyl (C=O) groups excluding carboxylic acids is 1. The minimum absolute atomic E-state index is 0.0501. The van der Waals surface area contributed by atoms with Crippen LogP contribution in [0.2, 0.25) is 0 Å². The Morgan fingerprint density at radius 1 is 0.906 bits per heavy atom. The Kier molecular flexibility index (Phi) is 4.82. The van der Waals surface area contributed by atoms with Crippen molar-refractivity contribution in [2.24, 2.45) is 0 Å². The summed E-state index contributed by atoms with van der Waals surface area (Å²) in [6, 6.07) is 13.1. The number of amides is 1. The van der Waals surface area contributed by atoms with E-state index in [4.69, 9.17) is 9.47 Å². The van der Waals surface area contributed by atoms with E-state index < -0.39 is 35.2 Å². The van der Waals surface area contributed by atoms with Crippen molar-refractivity contribution in [1.82, 2.24) is 4.90 Å². The van der Waals surface area contributed by atoms with Gasteiger partial charge in [-0.05, 0) is 61.0 Å². The fourth-order valence-electron chi connectivity index (χ4n) is 4.03. The number of likely N-dealkylation sites (tertiary alicyclic amines) is 1. The SMILES string of the molecule is O=C(c1cc2c(cc1F)OC(c1ccc(F)cc1)(c1ccc(F)cc1)O2)N1CC[C@H](O)C1. The highest BCUT2D eigenvalue weighted by Crippen LogP contribution is 2.48. The summed E-state index contributed by atoms with van der Waals surface area (Å²) in [5.74, 6) is -3.76. The summed E-state index contributed by atoms with van der Waals surface area (Å²) in [6.45, 7) is 0.449. The van der Waals surface area contributed by atoms with Crippen LogP contribution in [0.3, 0.4) is 0 Å². The second kappa shape index (κ2) is 7.56. The van der Waals surface area contributed by atoms with E-state index in [0.29, 0.717) is 24.1 Å². The lowest BCUT2D eigenvalue weighted by molar-refractivity contribution is -0.0460. The lowest BCUT2D eigenvalue weighted by Gasteiger charge is -2.28. The molecule has 0 aliphatic carbocycles. The molecule has 32 heavy (non-hydrogen) atoms. The van der Waals surface area contributed by atoms with E-state index in [1.54, 1.807) is 0 Å². The molecule has 3 aromatic rings. The van der Waals surface area contributed by atoms with Crippen molar-refractivity contribution in [2.45, 2.75) is 18.3 Å². The minimum Gasteiger partial charge on any atom is -0.440 e. The summed E-state index contributed by atoms with van der Waals surface area (Å²) in [5.41, 5.74) is 0.589. The molecule has 2 aliphatic heterocycles. The Balaban J connectivity index is 1.57. The van der Waals surface area contributed by atoms with E-state index >= 15 is 0 Å². The van der Waals surface area contributed by atoms with Gasteiger partial charge >= 0.3 is 5.79 Å². The molecule has 1 N–H and O–H groups in total. The molecule has 8 heteroatoms. The first-order valence-corrected chi connectivity index (χ1v) is 10.1. The highest BCUT2D eigenvalue weighted by Gasteiger charge is 2.46. The van der Waals surface area contributed by atoms with Gasteiger partial charge in [-0.1, -0.05) is 0 Å². The van der Waals surface area contributed by atoms with Crippen molar-refractivity contribution in [3.05, 3.63) is 94.8 Å². The molecule has 5 rings (SSSR count). The van der Waals surface area contributed by atoms with Crippen molar-refractivity contribution >= 4 is 5.91 Å². The Bertz CT molecular complexity index is 1140. The van der Waals surface area contributed by atoms with Gasteiger partial charge in [0.05, 0.1) is 11.7 Å². The number of β-amino-alcohol motifs (C(OH)–C–C–N with tert-alkyl or cyclic N) is 1. The molecule has 0 aromatic heterocycles. The largest absolute Gasteiger partial charge is 0.440 e. The van der Waals surface area contributed by atoms with Gasteiger partial charge in [-0.25, -0.2) is 13.2 Å². The van der Waals surface area contributed by atoms with Gasteiger partial charge in [-0.15, -0.1) is 0 Å². The first-order chi connectivity index (χ1) is 15.4. The molecule has 0 unspecified atom stereocenters. The van der Waals surface area contributed by atoms with Gasteiger partial charge in [0.1, 0.15) is 17.5 Å². The van der Waals surface area contributed by atoms with E-state index in [1.807, 2.05) is 0 Å². The highest BCUT2D eigenvalue weighted by atomic mass is 19.1. The first kappa shape index (κ1) is 20.4. The van der Waals surface area contributed by atoms with Gasteiger partial charge in [0, 0.05) is 30.3 Å². The van der Waals surface area contributed by atoms with E-state index in [-0.39, 0.29) is 23.6 Å². The molecule has 0 bridgehead atoms. The molecule has 0 radical (unpaired) electrons. The summed E-state index contributed by atoms with van der Waals surface area (Å²) in [4.78, 5) is 14.2. The minimum atomic E-state index is -1.62. The standard InChI is InChI=1S/C24H18F3NO4/c25-16-5-1-14(2-6-16)24(15-3-7-17(26)8-4-15)31-21-11-19(20(27)12-22(21)32-24)23(30)28-10-9-18(29)13-28/h1-8,11-12,18,29H,9-10,13H2/t18-/m0/s1. The second-order valence-electron chi connectivity index (χ2n) is 7.81. The van der Waals surface area contributed by atoms with E-state index in [1.165, 1.54) is 59.5 Å². The number of nitrogens with zero attached hydrogens (tertiary/aromatic N) is 1. The fourth-order valence-corrected chi connectivity index (χ4v) is 4.03. The molecule has 1 saturated heterocycles. The van der Waals surface area contributed by atoms with Gasteiger partial charge in [-0.2, -0.15) is 0 Å².